The number of rotatable bonds is 2. The molecular formula is C10H15F2NO2. The van der Waals surface area contributed by atoms with E-state index in [-0.39, 0.29) is 24.9 Å². The maximum Gasteiger partial charge on any atom is 0.323 e. The van der Waals surface area contributed by atoms with Crippen molar-refractivity contribution in [3.8, 4) is 0 Å². The molecule has 0 amide bonds. The molecule has 0 aromatic carbocycles. The van der Waals surface area contributed by atoms with Crippen molar-refractivity contribution in [1.29, 1.82) is 0 Å². The molecule has 5 heteroatoms. The fraction of sp³-hybridized carbons (Fsp3) is 0.900. The molecule has 0 spiro atoms. The number of alkyl halides is 2. The van der Waals surface area contributed by atoms with Gasteiger partial charge in [-0.05, 0) is 19.3 Å². The molecule has 1 saturated carbocycles. The van der Waals surface area contributed by atoms with Gasteiger partial charge in [-0.3, -0.25) is 4.79 Å². The van der Waals surface area contributed by atoms with Crippen molar-refractivity contribution in [2.24, 2.45) is 11.8 Å². The van der Waals surface area contributed by atoms with Crippen LogP contribution in [0.5, 0.6) is 0 Å². The first kappa shape index (κ1) is 10.8. The van der Waals surface area contributed by atoms with Gasteiger partial charge in [0.2, 0.25) is 0 Å². The summed E-state index contributed by atoms with van der Waals surface area (Å²) in [5.74, 6) is -3.94. The quantitative estimate of drug-likeness (QED) is 0.709. The van der Waals surface area contributed by atoms with Crippen molar-refractivity contribution < 1.29 is 18.3 Å². The van der Waals surface area contributed by atoms with Crippen molar-refractivity contribution in [2.45, 2.75) is 31.7 Å². The molecule has 15 heavy (non-hydrogen) atoms. The molecule has 2 aliphatic rings. The number of esters is 1. The van der Waals surface area contributed by atoms with Crippen LogP contribution in [0.3, 0.4) is 0 Å². The van der Waals surface area contributed by atoms with Crippen LogP contribution in [0.25, 0.3) is 0 Å². The predicted molar refractivity (Wildman–Crippen MR) is 49.6 cm³/mol. The van der Waals surface area contributed by atoms with Gasteiger partial charge in [0.25, 0.3) is 5.92 Å². The monoisotopic (exact) mass is 219 g/mol. The highest BCUT2D eigenvalue weighted by molar-refractivity contribution is 5.76. The summed E-state index contributed by atoms with van der Waals surface area (Å²) in [6, 6.07) is -0.525. The minimum Gasteiger partial charge on any atom is -0.465 e. The normalized spacial score (nSPS) is 37.7. The third kappa shape index (κ3) is 1.73. The number of ether oxygens (including phenoxy) is 1. The highest BCUT2D eigenvalue weighted by Gasteiger charge is 2.57. The lowest BCUT2D eigenvalue weighted by Gasteiger charge is -2.17. The minimum absolute atomic E-state index is 0.0973. The lowest BCUT2D eigenvalue weighted by Crippen LogP contribution is -2.37. The molecule has 3 atom stereocenters. The molecule has 1 heterocycles. The van der Waals surface area contributed by atoms with Crippen LogP contribution in [0.15, 0.2) is 0 Å². The lowest BCUT2D eigenvalue weighted by molar-refractivity contribution is -0.146. The van der Waals surface area contributed by atoms with Crippen molar-refractivity contribution in [3.63, 3.8) is 0 Å². The predicted octanol–water partition coefficient (Wildman–Crippen LogP) is 1.18. The smallest absolute Gasteiger partial charge is 0.323 e. The third-order valence-corrected chi connectivity index (χ3v) is 3.40. The Labute approximate surface area is 87.2 Å². The van der Waals surface area contributed by atoms with Gasteiger partial charge in [-0.15, -0.1) is 0 Å². The van der Waals surface area contributed by atoms with Crippen LogP contribution in [0.4, 0.5) is 8.78 Å². The Morgan fingerprint density at radius 1 is 1.60 bits per heavy atom. The highest BCUT2D eigenvalue weighted by atomic mass is 19.3. The Bertz CT molecular complexity index is 270. The Morgan fingerprint density at radius 3 is 3.00 bits per heavy atom. The number of hydrogen-bond acceptors (Lipinski definition) is 3. The summed E-state index contributed by atoms with van der Waals surface area (Å²) >= 11 is 0. The molecule has 2 fully saturated rings. The van der Waals surface area contributed by atoms with E-state index in [0.29, 0.717) is 13.0 Å². The van der Waals surface area contributed by atoms with E-state index in [9.17, 15) is 13.6 Å². The van der Waals surface area contributed by atoms with E-state index < -0.39 is 17.9 Å². The van der Waals surface area contributed by atoms with Crippen LogP contribution < -0.4 is 5.32 Å². The van der Waals surface area contributed by atoms with Gasteiger partial charge in [0, 0.05) is 18.9 Å². The third-order valence-electron chi connectivity index (χ3n) is 3.40. The van der Waals surface area contributed by atoms with Crippen molar-refractivity contribution >= 4 is 5.97 Å². The summed E-state index contributed by atoms with van der Waals surface area (Å²) in [6.45, 7) is 2.24. The van der Waals surface area contributed by atoms with Gasteiger partial charge in [0.05, 0.1) is 6.61 Å². The van der Waals surface area contributed by atoms with Crippen LogP contribution in [-0.4, -0.2) is 31.1 Å². The summed E-state index contributed by atoms with van der Waals surface area (Å²) in [6.07, 6.45) is 0.314. The van der Waals surface area contributed by atoms with Crippen molar-refractivity contribution in [2.75, 3.05) is 13.2 Å². The molecule has 0 aromatic heterocycles. The second-order valence-corrected chi connectivity index (χ2v) is 4.21. The molecule has 0 aromatic rings. The molecule has 1 saturated heterocycles. The molecule has 0 radical (unpaired) electrons. The second kappa shape index (κ2) is 3.70. The van der Waals surface area contributed by atoms with Crippen molar-refractivity contribution in [1.82, 2.24) is 5.32 Å². The molecule has 1 aliphatic carbocycles. The number of halogens is 2. The molecule has 1 N–H and O–H groups in total. The standard InChI is InChI=1S/C10H15F2NO2/c1-2-15-9(14)8-6-3-4-10(11,12)7(6)5-13-8/h6-8,13H,2-5H2,1H3/t6-,7-,8-/m1/s1. The number of hydrogen-bond donors (Lipinski definition) is 1. The Balaban J connectivity index is 2.05. The van der Waals surface area contributed by atoms with Gasteiger partial charge in [-0.2, -0.15) is 0 Å². The topological polar surface area (TPSA) is 38.3 Å². The lowest BCUT2D eigenvalue weighted by atomic mass is 9.93. The van der Waals surface area contributed by atoms with Crippen LogP contribution in [0, 0.1) is 11.8 Å². The van der Waals surface area contributed by atoms with E-state index in [1.165, 1.54) is 0 Å². The SMILES string of the molecule is CCOC(=O)[C@@H]1NC[C@@H]2[C@H]1CCC2(F)F. The number of carbonyl (C=O) groups is 1. The molecular weight excluding hydrogens is 204 g/mol. The molecule has 0 bridgehead atoms. The Morgan fingerprint density at radius 2 is 2.33 bits per heavy atom. The van der Waals surface area contributed by atoms with E-state index >= 15 is 0 Å². The second-order valence-electron chi connectivity index (χ2n) is 4.21. The van der Waals surface area contributed by atoms with Gasteiger partial charge >= 0.3 is 5.97 Å². The fourth-order valence-corrected chi connectivity index (χ4v) is 2.65. The molecule has 2 rings (SSSR count). The Hall–Kier alpha value is -0.710. The van der Waals surface area contributed by atoms with Crippen LogP contribution in [-0.2, 0) is 9.53 Å². The zero-order valence-corrected chi connectivity index (χ0v) is 8.63. The number of fused-ring (bicyclic) bond motifs is 1. The fourth-order valence-electron chi connectivity index (χ4n) is 2.65. The largest absolute Gasteiger partial charge is 0.465 e. The first-order valence-corrected chi connectivity index (χ1v) is 5.34. The zero-order chi connectivity index (χ0) is 11.1. The molecule has 3 nitrogen and oxygen atoms in total. The van der Waals surface area contributed by atoms with Crippen LogP contribution >= 0.6 is 0 Å². The minimum atomic E-state index is -2.61. The first-order chi connectivity index (χ1) is 7.06. The van der Waals surface area contributed by atoms with Gasteiger partial charge in [-0.25, -0.2) is 8.78 Å². The van der Waals surface area contributed by atoms with Gasteiger partial charge in [0.1, 0.15) is 6.04 Å². The van der Waals surface area contributed by atoms with E-state index in [4.69, 9.17) is 4.74 Å². The molecule has 0 unspecified atom stereocenters. The van der Waals surface area contributed by atoms with E-state index in [0.717, 1.165) is 0 Å². The van der Waals surface area contributed by atoms with Crippen LogP contribution in [0.2, 0.25) is 0 Å². The molecule has 86 valence electrons. The zero-order valence-electron chi connectivity index (χ0n) is 8.63. The summed E-state index contributed by atoms with van der Waals surface area (Å²) in [5, 5.41) is 2.84. The van der Waals surface area contributed by atoms with Gasteiger partial charge < -0.3 is 10.1 Å². The number of carbonyl (C=O) groups excluding carboxylic acids is 1. The highest BCUT2D eigenvalue weighted by Crippen LogP contribution is 2.48. The summed E-state index contributed by atoms with van der Waals surface area (Å²) in [4.78, 5) is 11.5. The van der Waals surface area contributed by atoms with Crippen LogP contribution in [0.1, 0.15) is 19.8 Å². The average Bonchev–Trinajstić information content (AvgIpc) is 2.69. The first-order valence-electron chi connectivity index (χ1n) is 5.34. The summed E-state index contributed by atoms with van der Waals surface area (Å²) < 4.78 is 31.5. The van der Waals surface area contributed by atoms with E-state index in [1.54, 1.807) is 6.92 Å². The maximum atomic E-state index is 13.3. The Kier molecular flexibility index (Phi) is 2.66. The summed E-state index contributed by atoms with van der Waals surface area (Å²) in [7, 11) is 0. The van der Waals surface area contributed by atoms with E-state index in [2.05, 4.69) is 5.32 Å². The van der Waals surface area contributed by atoms with Gasteiger partial charge in [0.15, 0.2) is 0 Å². The maximum absolute atomic E-state index is 13.3. The van der Waals surface area contributed by atoms with Gasteiger partial charge in [-0.1, -0.05) is 0 Å². The van der Waals surface area contributed by atoms with Crippen molar-refractivity contribution in [3.05, 3.63) is 0 Å². The summed E-state index contributed by atoms with van der Waals surface area (Å²) in [5.41, 5.74) is 0. The van der Waals surface area contributed by atoms with E-state index in [1.807, 2.05) is 0 Å². The molecule has 1 aliphatic heterocycles. The number of nitrogens with one attached hydrogen (secondary N) is 1. The average molecular weight is 219 g/mol.